The zero-order valence-corrected chi connectivity index (χ0v) is 18.2. The molecule has 0 N–H and O–H groups in total. The van der Waals surface area contributed by atoms with Gasteiger partial charge in [0.1, 0.15) is 0 Å². The maximum Gasteiger partial charge on any atom is 0.233 e. The lowest BCUT2D eigenvalue weighted by atomic mass is 10.2. The molecule has 9 heteroatoms. The topological polar surface area (TPSA) is 68.1 Å². The van der Waals surface area contributed by atoms with Crippen LogP contribution in [0.3, 0.4) is 0 Å². The van der Waals surface area contributed by atoms with Crippen LogP contribution in [-0.2, 0) is 11.8 Å². The van der Waals surface area contributed by atoms with E-state index in [1.807, 2.05) is 45.4 Å². The number of carbonyl (C=O) groups is 2. The van der Waals surface area contributed by atoms with Crippen LogP contribution in [0.1, 0.15) is 35.6 Å². The summed E-state index contributed by atoms with van der Waals surface area (Å²) in [5, 5.41) is 8.23. The molecule has 0 radical (unpaired) electrons. The highest BCUT2D eigenvalue weighted by molar-refractivity contribution is 8.03. The molecule has 2 heterocycles. The molecule has 0 fully saturated rings. The summed E-state index contributed by atoms with van der Waals surface area (Å²) in [5.41, 5.74) is 2.82. The smallest absolute Gasteiger partial charge is 0.233 e. The van der Waals surface area contributed by atoms with E-state index >= 15 is 0 Å². The first-order valence-electron chi connectivity index (χ1n) is 8.40. The highest BCUT2D eigenvalue weighted by atomic mass is 32.2. The quantitative estimate of drug-likeness (QED) is 0.464. The maximum absolute atomic E-state index is 12.4. The van der Waals surface area contributed by atoms with Gasteiger partial charge in [-0.25, -0.2) is 0 Å². The Morgan fingerprint density at radius 3 is 2.19 bits per heavy atom. The number of carbonyl (C=O) groups excluding carboxylic acids is 2. The molecule has 0 saturated carbocycles. The van der Waals surface area contributed by atoms with Crippen molar-refractivity contribution >= 4 is 46.6 Å². The van der Waals surface area contributed by atoms with Gasteiger partial charge < -0.3 is 9.47 Å². The fraction of sp³-hybridized carbons (Fsp3) is 0.529. The van der Waals surface area contributed by atoms with Gasteiger partial charge in [-0.15, -0.1) is 10.2 Å². The summed E-state index contributed by atoms with van der Waals surface area (Å²) in [6, 6.07) is 1.93. The molecule has 0 aliphatic heterocycles. The zero-order chi connectivity index (χ0) is 19.3. The van der Waals surface area contributed by atoms with Gasteiger partial charge in [-0.1, -0.05) is 34.9 Å². The molecule has 0 bridgehead atoms. The van der Waals surface area contributed by atoms with E-state index in [4.69, 9.17) is 0 Å². The fourth-order valence-corrected chi connectivity index (χ4v) is 5.25. The molecule has 0 unspecified atom stereocenters. The second-order valence-corrected chi connectivity index (χ2v) is 9.17. The molecule has 6 nitrogen and oxygen atoms in total. The average Bonchev–Trinajstić information content (AvgIpc) is 3.19. The van der Waals surface area contributed by atoms with E-state index in [0.29, 0.717) is 24.6 Å². The Morgan fingerprint density at radius 1 is 1.12 bits per heavy atom. The van der Waals surface area contributed by atoms with E-state index in [2.05, 4.69) is 10.2 Å². The summed E-state index contributed by atoms with van der Waals surface area (Å²) in [7, 11) is 1.96. The van der Waals surface area contributed by atoms with Gasteiger partial charge in [0, 0.05) is 37.1 Å². The van der Waals surface area contributed by atoms with Gasteiger partial charge in [0.15, 0.2) is 14.5 Å². The summed E-state index contributed by atoms with van der Waals surface area (Å²) in [6.45, 7) is 9.32. The Balaban J connectivity index is 1.87. The minimum Gasteiger partial charge on any atom is -0.351 e. The lowest BCUT2D eigenvalue weighted by molar-refractivity contribution is -0.127. The number of hydrogen-bond acceptors (Lipinski definition) is 7. The Labute approximate surface area is 166 Å². The maximum atomic E-state index is 12.4. The predicted molar refractivity (Wildman–Crippen MR) is 109 cm³/mol. The average molecular weight is 413 g/mol. The third-order valence-electron chi connectivity index (χ3n) is 4.23. The van der Waals surface area contributed by atoms with E-state index in [0.717, 1.165) is 25.6 Å². The molecular weight excluding hydrogens is 388 g/mol. The number of ketones is 1. The van der Waals surface area contributed by atoms with Gasteiger partial charge in [-0.05, 0) is 33.8 Å². The minimum absolute atomic E-state index is 0.0947. The Hall–Kier alpha value is -1.32. The minimum atomic E-state index is 0.0947. The van der Waals surface area contributed by atoms with E-state index in [1.165, 1.54) is 34.9 Å². The van der Waals surface area contributed by atoms with Crippen LogP contribution >= 0.6 is 34.9 Å². The number of aryl methyl sites for hydroxylation is 1. The van der Waals surface area contributed by atoms with Crippen LogP contribution in [0.2, 0.25) is 0 Å². The summed E-state index contributed by atoms with van der Waals surface area (Å²) >= 11 is 4.22. The lowest BCUT2D eigenvalue weighted by Gasteiger charge is -2.17. The van der Waals surface area contributed by atoms with Crippen molar-refractivity contribution in [2.75, 3.05) is 24.6 Å². The van der Waals surface area contributed by atoms with Crippen molar-refractivity contribution in [2.45, 2.75) is 36.4 Å². The van der Waals surface area contributed by atoms with E-state index < -0.39 is 0 Å². The molecule has 0 aliphatic carbocycles. The van der Waals surface area contributed by atoms with Crippen LogP contribution in [0.4, 0.5) is 0 Å². The van der Waals surface area contributed by atoms with Crippen molar-refractivity contribution in [1.29, 1.82) is 0 Å². The Morgan fingerprint density at radius 2 is 1.69 bits per heavy atom. The molecule has 0 aromatic carbocycles. The SMILES string of the molecule is CCN(CC)C(=O)CSc1nnc(SCC(=O)c2cc(C)n(C)c2C)s1. The first kappa shape index (κ1) is 21.0. The van der Waals surface area contributed by atoms with Gasteiger partial charge >= 0.3 is 0 Å². The van der Waals surface area contributed by atoms with Crippen LogP contribution in [0, 0.1) is 13.8 Å². The molecule has 2 aromatic heterocycles. The van der Waals surface area contributed by atoms with Crippen LogP contribution < -0.4 is 0 Å². The monoisotopic (exact) mass is 412 g/mol. The third-order valence-corrected chi connectivity index (χ3v) is 7.40. The predicted octanol–water partition coefficient (Wildman–Crippen LogP) is 3.43. The molecular formula is C17H24N4O2S3. The van der Waals surface area contributed by atoms with Crippen molar-refractivity contribution in [3.8, 4) is 0 Å². The number of amides is 1. The summed E-state index contributed by atoms with van der Waals surface area (Å²) in [6.07, 6.45) is 0. The number of Topliss-reactive ketones (excluding diaryl/α,β-unsaturated/α-hetero) is 1. The van der Waals surface area contributed by atoms with Crippen molar-refractivity contribution in [3.05, 3.63) is 23.0 Å². The normalized spacial score (nSPS) is 11.0. The second-order valence-electron chi connectivity index (χ2n) is 5.74. The van der Waals surface area contributed by atoms with Crippen molar-refractivity contribution < 1.29 is 9.59 Å². The van der Waals surface area contributed by atoms with Crippen molar-refractivity contribution in [3.63, 3.8) is 0 Å². The van der Waals surface area contributed by atoms with E-state index in [9.17, 15) is 9.59 Å². The number of aromatic nitrogens is 3. The molecule has 2 rings (SSSR count). The third kappa shape index (κ3) is 5.11. The first-order chi connectivity index (χ1) is 12.4. The lowest BCUT2D eigenvalue weighted by Crippen LogP contribution is -2.31. The van der Waals surface area contributed by atoms with Gasteiger partial charge in [0.05, 0.1) is 11.5 Å². The zero-order valence-electron chi connectivity index (χ0n) is 15.7. The molecule has 0 saturated heterocycles. The van der Waals surface area contributed by atoms with Crippen LogP contribution in [0.15, 0.2) is 14.7 Å². The molecule has 0 atom stereocenters. The number of hydrogen-bond donors (Lipinski definition) is 0. The van der Waals surface area contributed by atoms with Crippen LogP contribution in [-0.4, -0.2) is 56.0 Å². The van der Waals surface area contributed by atoms with Crippen molar-refractivity contribution in [1.82, 2.24) is 19.7 Å². The standard InChI is InChI=1S/C17H24N4O2S3/c1-6-21(7-2)15(23)10-25-17-19-18-16(26-17)24-9-14(22)13-8-11(3)20(5)12(13)4/h8H,6-7,9-10H2,1-5H3. The number of thioether (sulfide) groups is 2. The van der Waals surface area contributed by atoms with Gasteiger partial charge in [-0.2, -0.15) is 0 Å². The number of rotatable bonds is 9. The van der Waals surface area contributed by atoms with Crippen LogP contribution in [0.25, 0.3) is 0 Å². The number of nitrogens with zero attached hydrogens (tertiary/aromatic N) is 4. The first-order valence-corrected chi connectivity index (χ1v) is 11.2. The molecule has 1 amide bonds. The fourth-order valence-electron chi connectivity index (χ4n) is 2.45. The van der Waals surface area contributed by atoms with Gasteiger partial charge in [0.25, 0.3) is 0 Å². The van der Waals surface area contributed by atoms with E-state index in [1.54, 1.807) is 4.90 Å². The highest BCUT2D eigenvalue weighted by Gasteiger charge is 2.16. The molecule has 142 valence electrons. The van der Waals surface area contributed by atoms with Crippen LogP contribution in [0.5, 0.6) is 0 Å². The summed E-state index contributed by atoms with van der Waals surface area (Å²) < 4.78 is 3.53. The summed E-state index contributed by atoms with van der Waals surface area (Å²) in [4.78, 5) is 26.3. The molecule has 0 spiro atoms. The highest BCUT2D eigenvalue weighted by Crippen LogP contribution is 2.29. The molecule has 0 aliphatic rings. The molecule has 26 heavy (non-hydrogen) atoms. The molecule has 2 aromatic rings. The Bertz CT molecular complexity index is 781. The van der Waals surface area contributed by atoms with E-state index in [-0.39, 0.29) is 11.7 Å². The summed E-state index contributed by atoms with van der Waals surface area (Å²) in [5.74, 6) is 0.900. The largest absolute Gasteiger partial charge is 0.351 e. The van der Waals surface area contributed by atoms with Gasteiger partial charge in [0.2, 0.25) is 5.91 Å². The van der Waals surface area contributed by atoms with Gasteiger partial charge in [-0.3, -0.25) is 9.59 Å². The van der Waals surface area contributed by atoms with Crippen molar-refractivity contribution in [2.24, 2.45) is 7.05 Å². The Kier molecular flexibility index (Phi) is 7.72. The second kappa shape index (κ2) is 9.57.